The monoisotopic (exact) mass is 269 g/mol. The van der Waals surface area contributed by atoms with Crippen LogP contribution in [0.2, 0.25) is 0 Å². The number of hydrogen-bond donors (Lipinski definition) is 1. The van der Waals surface area contributed by atoms with E-state index >= 15 is 0 Å². The summed E-state index contributed by atoms with van der Waals surface area (Å²) in [5.74, 6) is 0. The van der Waals surface area contributed by atoms with Crippen molar-refractivity contribution in [2.24, 2.45) is 0 Å². The Hall–Kier alpha value is -0.910. The van der Waals surface area contributed by atoms with E-state index in [1.807, 2.05) is 26.0 Å². The molecule has 1 aromatic carbocycles. The number of nitrogens with zero attached hydrogens (tertiary/aromatic N) is 1. The maximum absolute atomic E-state index is 12.6. The lowest BCUT2D eigenvalue weighted by molar-refractivity contribution is 0.213. The van der Waals surface area contributed by atoms with Gasteiger partial charge in [0.2, 0.25) is 10.0 Å². The number of aliphatic hydroxyl groups excluding tert-OH is 1. The van der Waals surface area contributed by atoms with E-state index in [1.165, 1.54) is 4.31 Å². The van der Waals surface area contributed by atoms with E-state index in [4.69, 9.17) is 0 Å². The van der Waals surface area contributed by atoms with Crippen molar-refractivity contribution in [1.29, 1.82) is 0 Å². The molecule has 5 heteroatoms. The van der Waals surface area contributed by atoms with Crippen molar-refractivity contribution in [2.75, 3.05) is 13.2 Å². The van der Waals surface area contributed by atoms with Crippen LogP contribution in [-0.2, 0) is 10.0 Å². The first-order valence-electron chi connectivity index (χ1n) is 6.17. The van der Waals surface area contributed by atoms with Crippen molar-refractivity contribution in [3.63, 3.8) is 0 Å². The molecule has 0 aliphatic carbocycles. The molecule has 0 unspecified atom stereocenters. The molecule has 2 rings (SSSR count). The molecule has 18 heavy (non-hydrogen) atoms. The zero-order chi connectivity index (χ0) is 13.3. The summed E-state index contributed by atoms with van der Waals surface area (Å²) in [6, 6.07) is 5.07. The Bertz CT molecular complexity index is 539. The third kappa shape index (κ3) is 2.30. The third-order valence-electron chi connectivity index (χ3n) is 3.45. The predicted molar refractivity (Wildman–Crippen MR) is 69.9 cm³/mol. The maximum Gasteiger partial charge on any atom is 0.243 e. The van der Waals surface area contributed by atoms with E-state index in [0.717, 1.165) is 24.0 Å². The van der Waals surface area contributed by atoms with Crippen LogP contribution in [0.1, 0.15) is 24.0 Å². The molecule has 100 valence electrons. The molecular weight excluding hydrogens is 250 g/mol. The van der Waals surface area contributed by atoms with E-state index in [-0.39, 0.29) is 12.6 Å². The van der Waals surface area contributed by atoms with Gasteiger partial charge in [0.15, 0.2) is 0 Å². The molecule has 1 aromatic rings. The first kappa shape index (κ1) is 13.5. The number of aryl methyl sites for hydroxylation is 2. The van der Waals surface area contributed by atoms with Crippen LogP contribution in [0, 0.1) is 13.8 Å². The molecular formula is C13H19NO3S. The van der Waals surface area contributed by atoms with Crippen LogP contribution in [0.4, 0.5) is 0 Å². The molecule has 1 saturated heterocycles. The molecule has 1 aliphatic heterocycles. The molecule has 1 atom stereocenters. The van der Waals surface area contributed by atoms with Gasteiger partial charge in [-0.2, -0.15) is 4.31 Å². The first-order valence-corrected chi connectivity index (χ1v) is 7.61. The molecule has 0 bridgehead atoms. The zero-order valence-corrected chi connectivity index (χ0v) is 11.6. The third-order valence-corrected chi connectivity index (χ3v) is 5.56. The quantitative estimate of drug-likeness (QED) is 0.903. The topological polar surface area (TPSA) is 57.6 Å². The lowest BCUT2D eigenvalue weighted by Crippen LogP contribution is -2.37. The molecule has 1 fully saturated rings. The molecule has 0 amide bonds. The summed E-state index contributed by atoms with van der Waals surface area (Å²) in [6.07, 6.45) is 1.55. The van der Waals surface area contributed by atoms with Gasteiger partial charge < -0.3 is 5.11 Å². The number of benzene rings is 1. The zero-order valence-electron chi connectivity index (χ0n) is 10.8. The average Bonchev–Trinajstić information content (AvgIpc) is 2.76. The highest BCUT2D eigenvalue weighted by Gasteiger charge is 2.35. The van der Waals surface area contributed by atoms with Gasteiger partial charge in [0.1, 0.15) is 0 Å². The van der Waals surface area contributed by atoms with E-state index in [2.05, 4.69) is 0 Å². The van der Waals surface area contributed by atoms with Gasteiger partial charge in [0, 0.05) is 12.6 Å². The standard InChI is InChI=1S/C13H19NO3S/c1-10-5-6-13(11(2)8-10)18(16,17)14-7-3-4-12(14)9-15/h5-6,8,12,15H,3-4,7,9H2,1-2H3/t12-/m1/s1. The fraction of sp³-hybridized carbons (Fsp3) is 0.538. The molecule has 1 heterocycles. The smallest absolute Gasteiger partial charge is 0.243 e. The SMILES string of the molecule is Cc1ccc(S(=O)(=O)N2CCC[C@@H]2CO)c(C)c1. The van der Waals surface area contributed by atoms with Crippen LogP contribution in [-0.4, -0.2) is 37.0 Å². The fourth-order valence-electron chi connectivity index (χ4n) is 2.52. The van der Waals surface area contributed by atoms with Crippen molar-refractivity contribution < 1.29 is 13.5 Å². The Morgan fingerprint density at radius 2 is 2.11 bits per heavy atom. The highest BCUT2D eigenvalue weighted by molar-refractivity contribution is 7.89. The highest BCUT2D eigenvalue weighted by Crippen LogP contribution is 2.27. The van der Waals surface area contributed by atoms with E-state index < -0.39 is 10.0 Å². The molecule has 0 aromatic heterocycles. The van der Waals surface area contributed by atoms with Gasteiger partial charge in [0.25, 0.3) is 0 Å². The van der Waals surface area contributed by atoms with Crippen LogP contribution in [0.25, 0.3) is 0 Å². The number of rotatable bonds is 3. The van der Waals surface area contributed by atoms with Crippen molar-refractivity contribution >= 4 is 10.0 Å². The number of aliphatic hydroxyl groups is 1. The fourth-order valence-corrected chi connectivity index (χ4v) is 4.42. The second-order valence-corrected chi connectivity index (χ2v) is 6.72. The van der Waals surface area contributed by atoms with Gasteiger partial charge in [0.05, 0.1) is 11.5 Å². The molecule has 1 N–H and O–H groups in total. The van der Waals surface area contributed by atoms with Gasteiger partial charge >= 0.3 is 0 Å². The van der Waals surface area contributed by atoms with Crippen LogP contribution in [0.3, 0.4) is 0 Å². The Morgan fingerprint density at radius 3 is 2.72 bits per heavy atom. The summed E-state index contributed by atoms with van der Waals surface area (Å²) in [5.41, 5.74) is 1.81. The maximum atomic E-state index is 12.6. The second kappa shape index (κ2) is 4.99. The minimum absolute atomic E-state index is 0.107. The van der Waals surface area contributed by atoms with Gasteiger partial charge in [-0.1, -0.05) is 17.7 Å². The highest BCUT2D eigenvalue weighted by atomic mass is 32.2. The molecule has 0 spiro atoms. The lowest BCUT2D eigenvalue weighted by Gasteiger charge is -2.23. The molecule has 0 saturated carbocycles. The Labute approximate surface area is 108 Å². The Balaban J connectivity index is 2.42. The van der Waals surface area contributed by atoms with Gasteiger partial charge in [-0.05, 0) is 38.3 Å². The Kier molecular flexibility index (Phi) is 3.75. The summed E-state index contributed by atoms with van der Waals surface area (Å²) >= 11 is 0. The van der Waals surface area contributed by atoms with Crippen LogP contribution < -0.4 is 0 Å². The average molecular weight is 269 g/mol. The number of hydrogen-bond acceptors (Lipinski definition) is 3. The van der Waals surface area contributed by atoms with Crippen LogP contribution >= 0.6 is 0 Å². The van der Waals surface area contributed by atoms with Gasteiger partial charge in [-0.3, -0.25) is 0 Å². The van der Waals surface area contributed by atoms with E-state index in [9.17, 15) is 13.5 Å². The normalized spacial score (nSPS) is 21.4. The molecule has 1 aliphatic rings. The Morgan fingerprint density at radius 1 is 1.39 bits per heavy atom. The van der Waals surface area contributed by atoms with Crippen molar-refractivity contribution in [2.45, 2.75) is 37.6 Å². The summed E-state index contributed by atoms with van der Waals surface area (Å²) in [4.78, 5) is 0.355. The van der Waals surface area contributed by atoms with Crippen molar-refractivity contribution in [3.8, 4) is 0 Å². The second-order valence-electron chi connectivity index (χ2n) is 4.86. The summed E-state index contributed by atoms with van der Waals surface area (Å²) in [7, 11) is -3.47. The van der Waals surface area contributed by atoms with Crippen LogP contribution in [0.15, 0.2) is 23.1 Å². The number of sulfonamides is 1. The summed E-state index contributed by atoms with van der Waals surface area (Å²) < 4.78 is 26.5. The van der Waals surface area contributed by atoms with Gasteiger partial charge in [-0.15, -0.1) is 0 Å². The molecule has 4 nitrogen and oxygen atoms in total. The summed E-state index contributed by atoms with van der Waals surface area (Å²) in [6.45, 7) is 4.14. The molecule has 0 radical (unpaired) electrons. The van der Waals surface area contributed by atoms with Crippen molar-refractivity contribution in [1.82, 2.24) is 4.31 Å². The van der Waals surface area contributed by atoms with Gasteiger partial charge in [-0.25, -0.2) is 8.42 Å². The van der Waals surface area contributed by atoms with E-state index in [0.29, 0.717) is 11.4 Å². The minimum Gasteiger partial charge on any atom is -0.395 e. The van der Waals surface area contributed by atoms with Crippen molar-refractivity contribution in [3.05, 3.63) is 29.3 Å². The lowest BCUT2D eigenvalue weighted by atomic mass is 10.2. The van der Waals surface area contributed by atoms with E-state index in [1.54, 1.807) is 6.07 Å². The summed E-state index contributed by atoms with van der Waals surface area (Å²) in [5, 5.41) is 9.25. The largest absolute Gasteiger partial charge is 0.395 e. The van der Waals surface area contributed by atoms with Crippen LogP contribution in [0.5, 0.6) is 0 Å². The minimum atomic E-state index is -3.47. The first-order chi connectivity index (χ1) is 8.46. The predicted octanol–water partition coefficient (Wildman–Crippen LogP) is 1.45.